The number of nitrogens with zero attached hydrogens (tertiary/aromatic N) is 1. The lowest BCUT2D eigenvalue weighted by atomic mass is 10.1. The fourth-order valence-corrected chi connectivity index (χ4v) is 2.93. The van der Waals surface area contributed by atoms with Crippen LogP contribution in [0, 0.1) is 3.95 Å². The Morgan fingerprint density at radius 3 is 2.12 bits per heavy atom. The number of hydrogen-bond donors (Lipinski definition) is 1. The van der Waals surface area contributed by atoms with E-state index in [4.69, 9.17) is 12.2 Å². The summed E-state index contributed by atoms with van der Waals surface area (Å²) in [5.41, 5.74) is 0. The van der Waals surface area contributed by atoms with Crippen molar-refractivity contribution in [2.45, 2.75) is 71.1 Å². The second-order valence-corrected chi connectivity index (χ2v) is 6.34. The van der Waals surface area contributed by atoms with Crippen LogP contribution in [0.1, 0.15) is 69.7 Å². The molecule has 1 rings (SSSR count). The fourth-order valence-electron chi connectivity index (χ4n) is 1.95. The lowest BCUT2D eigenvalue weighted by molar-refractivity contribution is 0.564. The predicted octanol–water partition coefficient (Wildman–Crippen LogP) is 5.27. The molecule has 0 radical (unpaired) electrons. The van der Waals surface area contributed by atoms with Crippen molar-refractivity contribution in [3.8, 4) is 0 Å². The fraction of sp³-hybridized carbons (Fsp3) is 0.846. The van der Waals surface area contributed by atoms with E-state index in [0.29, 0.717) is 0 Å². The van der Waals surface area contributed by atoms with E-state index in [-0.39, 0.29) is 0 Å². The summed E-state index contributed by atoms with van der Waals surface area (Å²) in [4.78, 5) is 0. The van der Waals surface area contributed by atoms with Crippen molar-refractivity contribution in [3.05, 3.63) is 8.96 Å². The zero-order valence-electron chi connectivity index (χ0n) is 10.8. The van der Waals surface area contributed by atoms with Crippen LogP contribution in [-0.4, -0.2) is 10.2 Å². The van der Waals surface area contributed by atoms with E-state index in [1.165, 1.54) is 57.8 Å². The number of aromatic nitrogens is 2. The molecule has 1 heterocycles. The summed E-state index contributed by atoms with van der Waals surface area (Å²) in [6.45, 7) is 2.27. The van der Waals surface area contributed by atoms with Crippen molar-refractivity contribution in [2.75, 3.05) is 0 Å². The second-order valence-electron chi connectivity index (χ2n) is 4.59. The second kappa shape index (κ2) is 9.77. The molecule has 0 aliphatic carbocycles. The van der Waals surface area contributed by atoms with E-state index in [9.17, 15) is 0 Å². The van der Waals surface area contributed by atoms with Gasteiger partial charge < -0.3 is 0 Å². The van der Waals surface area contributed by atoms with Crippen LogP contribution in [0.2, 0.25) is 0 Å². The molecule has 2 nitrogen and oxygen atoms in total. The summed E-state index contributed by atoms with van der Waals surface area (Å²) < 4.78 is 0.802. The van der Waals surface area contributed by atoms with Gasteiger partial charge in [0.1, 0.15) is 5.01 Å². The summed E-state index contributed by atoms with van der Waals surface area (Å²) in [5.74, 6) is 0. The van der Waals surface area contributed by atoms with Crippen LogP contribution in [0.5, 0.6) is 0 Å². The summed E-state index contributed by atoms with van der Waals surface area (Å²) in [5, 5.41) is 8.17. The van der Waals surface area contributed by atoms with E-state index < -0.39 is 0 Å². The molecule has 0 saturated carbocycles. The van der Waals surface area contributed by atoms with Crippen LogP contribution in [0.4, 0.5) is 0 Å². The molecule has 1 aromatic rings. The molecule has 0 amide bonds. The molecule has 1 aromatic heterocycles. The summed E-state index contributed by atoms with van der Waals surface area (Å²) in [6, 6.07) is 0. The average Bonchev–Trinajstić information content (AvgIpc) is 2.73. The Labute approximate surface area is 114 Å². The molecule has 0 atom stereocenters. The van der Waals surface area contributed by atoms with Gasteiger partial charge in [0.25, 0.3) is 0 Å². The number of aromatic amines is 1. The van der Waals surface area contributed by atoms with Crippen molar-refractivity contribution in [2.24, 2.45) is 0 Å². The van der Waals surface area contributed by atoms with Crippen molar-refractivity contribution >= 4 is 23.6 Å². The van der Waals surface area contributed by atoms with Gasteiger partial charge in [-0.25, -0.2) is 0 Å². The summed E-state index contributed by atoms with van der Waals surface area (Å²) in [6.07, 6.45) is 13.5. The third-order valence-corrected chi connectivity index (χ3v) is 4.13. The molecule has 0 saturated heterocycles. The predicted molar refractivity (Wildman–Crippen MR) is 78.2 cm³/mol. The first kappa shape index (κ1) is 14.8. The number of hydrogen-bond acceptors (Lipinski definition) is 3. The van der Waals surface area contributed by atoms with Crippen molar-refractivity contribution in [1.82, 2.24) is 10.2 Å². The van der Waals surface area contributed by atoms with Gasteiger partial charge in [-0.05, 0) is 18.6 Å². The number of H-pyrrole nitrogens is 1. The lowest BCUT2D eigenvalue weighted by Crippen LogP contribution is -1.86. The zero-order valence-corrected chi connectivity index (χ0v) is 12.5. The summed E-state index contributed by atoms with van der Waals surface area (Å²) in [7, 11) is 0. The van der Waals surface area contributed by atoms with Gasteiger partial charge in [0.15, 0.2) is 3.95 Å². The third-order valence-electron chi connectivity index (χ3n) is 2.98. The van der Waals surface area contributed by atoms with Crippen LogP contribution >= 0.6 is 23.6 Å². The van der Waals surface area contributed by atoms with E-state index in [0.717, 1.165) is 15.4 Å². The molecule has 0 aliphatic rings. The average molecular weight is 272 g/mol. The Morgan fingerprint density at radius 2 is 1.59 bits per heavy atom. The maximum absolute atomic E-state index is 5.00. The number of nitrogens with one attached hydrogen (secondary N) is 1. The van der Waals surface area contributed by atoms with Gasteiger partial charge in [-0.15, -0.1) is 0 Å². The molecule has 1 N–H and O–H groups in total. The quantitative estimate of drug-likeness (QED) is 0.464. The smallest absolute Gasteiger partial charge is 0.176 e. The first-order chi connectivity index (χ1) is 8.33. The topological polar surface area (TPSA) is 28.7 Å². The number of aryl methyl sites for hydroxylation is 1. The van der Waals surface area contributed by atoms with E-state index in [1.807, 2.05) is 0 Å². The third kappa shape index (κ3) is 7.66. The first-order valence-electron chi connectivity index (χ1n) is 6.87. The maximum Gasteiger partial charge on any atom is 0.176 e. The van der Waals surface area contributed by atoms with Crippen LogP contribution < -0.4 is 0 Å². The molecular weight excluding hydrogens is 248 g/mol. The van der Waals surface area contributed by atoms with E-state index in [1.54, 1.807) is 11.3 Å². The minimum absolute atomic E-state index is 0.802. The highest BCUT2D eigenvalue weighted by Crippen LogP contribution is 2.12. The highest BCUT2D eigenvalue weighted by atomic mass is 32.1. The van der Waals surface area contributed by atoms with Crippen molar-refractivity contribution in [1.29, 1.82) is 0 Å². The van der Waals surface area contributed by atoms with Crippen LogP contribution in [0.25, 0.3) is 0 Å². The zero-order chi connectivity index (χ0) is 12.3. The Bertz CT molecular complexity index is 330. The molecule has 98 valence electrons. The first-order valence-corrected chi connectivity index (χ1v) is 8.09. The van der Waals surface area contributed by atoms with Crippen LogP contribution in [0.3, 0.4) is 0 Å². The molecule has 0 unspecified atom stereocenters. The largest absolute Gasteiger partial charge is 0.258 e. The monoisotopic (exact) mass is 272 g/mol. The summed E-state index contributed by atoms with van der Waals surface area (Å²) >= 11 is 6.62. The standard InChI is InChI=1S/C13H24N2S2/c1-2-3-4-5-6-7-8-9-10-11-12-14-15-13(16)17-12/h2-11H2,1H3,(H,15,16). The Kier molecular flexibility index (Phi) is 8.53. The SMILES string of the molecule is CCCCCCCCCCCc1n[nH]c(=S)s1. The lowest BCUT2D eigenvalue weighted by Gasteiger charge is -2.00. The van der Waals surface area contributed by atoms with Gasteiger partial charge in [-0.2, -0.15) is 5.10 Å². The van der Waals surface area contributed by atoms with Crippen molar-refractivity contribution in [3.63, 3.8) is 0 Å². The highest BCUT2D eigenvalue weighted by molar-refractivity contribution is 7.73. The normalized spacial score (nSPS) is 10.9. The van der Waals surface area contributed by atoms with Gasteiger partial charge in [0.05, 0.1) is 0 Å². The highest BCUT2D eigenvalue weighted by Gasteiger charge is 1.97. The number of unbranched alkanes of at least 4 members (excludes halogenated alkanes) is 8. The van der Waals surface area contributed by atoms with Gasteiger partial charge in [-0.3, -0.25) is 5.10 Å². The Morgan fingerprint density at radius 1 is 1.00 bits per heavy atom. The Hall–Kier alpha value is -0.220. The molecule has 0 aromatic carbocycles. The molecular formula is C13H24N2S2. The van der Waals surface area contributed by atoms with Gasteiger partial charge in [-0.1, -0.05) is 69.6 Å². The minimum Gasteiger partial charge on any atom is -0.258 e. The molecule has 0 spiro atoms. The minimum atomic E-state index is 0.802. The van der Waals surface area contributed by atoms with Gasteiger partial charge >= 0.3 is 0 Å². The maximum atomic E-state index is 5.00. The molecule has 0 fully saturated rings. The van der Waals surface area contributed by atoms with Gasteiger partial charge in [0, 0.05) is 6.42 Å². The van der Waals surface area contributed by atoms with Crippen LogP contribution in [-0.2, 0) is 6.42 Å². The molecule has 0 aliphatic heterocycles. The number of rotatable bonds is 10. The molecule has 0 bridgehead atoms. The van der Waals surface area contributed by atoms with Crippen LogP contribution in [0.15, 0.2) is 0 Å². The van der Waals surface area contributed by atoms with Crippen molar-refractivity contribution < 1.29 is 0 Å². The van der Waals surface area contributed by atoms with Gasteiger partial charge in [0.2, 0.25) is 0 Å². The van der Waals surface area contributed by atoms with E-state index in [2.05, 4.69) is 17.1 Å². The Balaban J connectivity index is 1.86. The molecule has 17 heavy (non-hydrogen) atoms. The van der Waals surface area contributed by atoms with E-state index >= 15 is 0 Å². The molecule has 4 heteroatoms.